The largest absolute Gasteiger partial charge is 0.383 e. The Balaban J connectivity index is 1.81. The first-order valence-electron chi connectivity index (χ1n) is 7.40. The number of nitrogens with two attached hydrogens (primary N) is 1. The van der Waals surface area contributed by atoms with Gasteiger partial charge < -0.3 is 11.1 Å². The summed E-state index contributed by atoms with van der Waals surface area (Å²) in [7, 11) is 0. The number of hydrogen-bond acceptors (Lipinski definition) is 5. The number of aryl methyl sites for hydroxylation is 1. The van der Waals surface area contributed by atoms with Gasteiger partial charge in [0.15, 0.2) is 0 Å². The smallest absolute Gasteiger partial charge is 0.266 e. The van der Waals surface area contributed by atoms with E-state index < -0.39 is 5.92 Å². The van der Waals surface area contributed by atoms with Crippen molar-refractivity contribution in [3.63, 3.8) is 0 Å². The summed E-state index contributed by atoms with van der Waals surface area (Å²) in [6, 6.07) is 2.91. The van der Waals surface area contributed by atoms with Crippen molar-refractivity contribution in [2.24, 2.45) is 0 Å². The number of nitrogen functional groups attached to an aromatic ring is 1. The molecule has 0 atom stereocenters. The molecule has 4 N–H and O–H groups in total. The lowest BCUT2D eigenvalue weighted by Crippen LogP contribution is -2.32. The van der Waals surface area contributed by atoms with Crippen LogP contribution >= 0.6 is 0 Å². The molecule has 23 heavy (non-hydrogen) atoms. The molecule has 0 radical (unpaired) electrons. The second-order valence-electron chi connectivity index (χ2n) is 5.85. The molecule has 1 saturated carbocycles. The summed E-state index contributed by atoms with van der Waals surface area (Å²) < 4.78 is 27.7. The standard InChI is InChI=1S/C14H18F2N6O/c1-8-6-11(19-9-2-4-14(15,16)5-3-9)20-13(18-8)22-10(17)7-12(23)21-22/h6-7,9H,2-5,17H2,1H3,(H,21,23)(H,18,19,20). The fourth-order valence-electron chi connectivity index (χ4n) is 2.69. The van der Waals surface area contributed by atoms with Crippen LogP contribution in [-0.4, -0.2) is 31.7 Å². The Kier molecular flexibility index (Phi) is 3.78. The second kappa shape index (κ2) is 5.64. The van der Waals surface area contributed by atoms with Gasteiger partial charge in [0.2, 0.25) is 5.92 Å². The number of H-pyrrole nitrogens is 1. The van der Waals surface area contributed by atoms with Gasteiger partial charge in [0.25, 0.3) is 11.5 Å². The third kappa shape index (κ3) is 3.49. The van der Waals surface area contributed by atoms with E-state index in [1.807, 2.05) is 0 Å². The first-order chi connectivity index (χ1) is 10.8. The number of rotatable bonds is 3. The Hall–Kier alpha value is -2.45. The molecule has 0 saturated heterocycles. The molecule has 2 heterocycles. The van der Waals surface area contributed by atoms with Crippen LogP contribution in [0, 0.1) is 6.92 Å². The van der Waals surface area contributed by atoms with Gasteiger partial charge in [-0.15, -0.1) is 0 Å². The highest BCUT2D eigenvalue weighted by Crippen LogP contribution is 2.34. The zero-order chi connectivity index (χ0) is 16.6. The molecule has 0 unspecified atom stereocenters. The van der Waals surface area contributed by atoms with Crippen LogP contribution < -0.4 is 16.6 Å². The van der Waals surface area contributed by atoms with E-state index in [0.29, 0.717) is 24.4 Å². The van der Waals surface area contributed by atoms with E-state index in [9.17, 15) is 13.6 Å². The Morgan fingerprint density at radius 2 is 2.04 bits per heavy atom. The van der Waals surface area contributed by atoms with Gasteiger partial charge in [0.05, 0.1) is 0 Å². The molecule has 1 aliphatic rings. The molecular weight excluding hydrogens is 306 g/mol. The van der Waals surface area contributed by atoms with Crippen LogP contribution in [0.15, 0.2) is 16.9 Å². The van der Waals surface area contributed by atoms with Crippen molar-refractivity contribution in [2.45, 2.75) is 44.6 Å². The molecule has 3 rings (SSSR count). The summed E-state index contributed by atoms with van der Waals surface area (Å²) in [5.74, 6) is -1.61. The molecule has 2 aromatic rings. The molecule has 124 valence electrons. The van der Waals surface area contributed by atoms with Crippen molar-refractivity contribution in [2.75, 3.05) is 11.1 Å². The minimum atomic E-state index is -2.57. The van der Waals surface area contributed by atoms with Crippen LogP contribution in [0.3, 0.4) is 0 Å². The van der Waals surface area contributed by atoms with E-state index >= 15 is 0 Å². The molecule has 0 aromatic carbocycles. The third-order valence-corrected chi connectivity index (χ3v) is 3.87. The van der Waals surface area contributed by atoms with E-state index in [1.54, 1.807) is 13.0 Å². The van der Waals surface area contributed by atoms with Gasteiger partial charge in [-0.3, -0.25) is 9.89 Å². The number of nitrogens with zero attached hydrogens (tertiary/aromatic N) is 3. The highest BCUT2D eigenvalue weighted by atomic mass is 19.3. The van der Waals surface area contributed by atoms with Gasteiger partial charge in [0, 0.05) is 36.7 Å². The SMILES string of the molecule is Cc1cc(NC2CCC(F)(F)CC2)nc(-n2[nH]c(=O)cc2N)n1. The maximum Gasteiger partial charge on any atom is 0.266 e. The zero-order valence-corrected chi connectivity index (χ0v) is 12.6. The second-order valence-corrected chi connectivity index (χ2v) is 5.85. The lowest BCUT2D eigenvalue weighted by Gasteiger charge is -2.29. The average molecular weight is 324 g/mol. The molecule has 0 spiro atoms. The first-order valence-corrected chi connectivity index (χ1v) is 7.40. The maximum atomic E-state index is 13.2. The summed E-state index contributed by atoms with van der Waals surface area (Å²) >= 11 is 0. The molecule has 0 aliphatic heterocycles. The summed E-state index contributed by atoms with van der Waals surface area (Å²) in [4.78, 5) is 19.9. The predicted molar refractivity (Wildman–Crippen MR) is 82.0 cm³/mol. The van der Waals surface area contributed by atoms with Crippen LogP contribution in [0.4, 0.5) is 20.4 Å². The summed E-state index contributed by atoms with van der Waals surface area (Å²) in [6.45, 7) is 1.78. The number of anilines is 2. The lowest BCUT2D eigenvalue weighted by atomic mass is 9.92. The van der Waals surface area contributed by atoms with E-state index in [4.69, 9.17) is 5.73 Å². The van der Waals surface area contributed by atoms with Crippen molar-refractivity contribution >= 4 is 11.6 Å². The Morgan fingerprint density at radius 3 is 2.65 bits per heavy atom. The zero-order valence-electron chi connectivity index (χ0n) is 12.6. The van der Waals surface area contributed by atoms with Crippen LogP contribution in [0.25, 0.3) is 5.95 Å². The van der Waals surface area contributed by atoms with Crippen LogP contribution in [0.2, 0.25) is 0 Å². The van der Waals surface area contributed by atoms with E-state index in [0.717, 1.165) is 0 Å². The van der Waals surface area contributed by atoms with Gasteiger partial charge in [-0.1, -0.05) is 0 Å². The number of halogens is 2. The highest BCUT2D eigenvalue weighted by molar-refractivity contribution is 5.42. The molecular formula is C14H18F2N6O. The van der Waals surface area contributed by atoms with Gasteiger partial charge >= 0.3 is 0 Å². The maximum absolute atomic E-state index is 13.2. The minimum Gasteiger partial charge on any atom is -0.383 e. The molecule has 9 heteroatoms. The molecule has 7 nitrogen and oxygen atoms in total. The van der Waals surface area contributed by atoms with Crippen molar-refractivity contribution in [3.8, 4) is 5.95 Å². The van der Waals surface area contributed by atoms with Crippen molar-refractivity contribution in [1.82, 2.24) is 19.7 Å². The first kappa shape index (κ1) is 15.4. The number of nitrogens with one attached hydrogen (secondary N) is 2. The molecule has 1 fully saturated rings. The lowest BCUT2D eigenvalue weighted by molar-refractivity contribution is -0.0361. The number of aromatic amines is 1. The number of hydrogen-bond donors (Lipinski definition) is 3. The Labute approximate surface area is 130 Å². The van der Waals surface area contributed by atoms with Crippen LogP contribution in [0.5, 0.6) is 0 Å². The van der Waals surface area contributed by atoms with Crippen molar-refractivity contribution < 1.29 is 8.78 Å². The molecule has 0 bridgehead atoms. The van der Waals surface area contributed by atoms with Crippen LogP contribution in [0.1, 0.15) is 31.4 Å². The van der Waals surface area contributed by atoms with E-state index in [-0.39, 0.29) is 36.2 Å². The minimum absolute atomic E-state index is 0.0576. The van der Waals surface area contributed by atoms with E-state index in [2.05, 4.69) is 20.4 Å². The van der Waals surface area contributed by atoms with E-state index in [1.165, 1.54) is 10.7 Å². The van der Waals surface area contributed by atoms with Gasteiger partial charge in [0.1, 0.15) is 11.6 Å². The molecule has 1 aliphatic carbocycles. The van der Waals surface area contributed by atoms with Crippen LogP contribution in [-0.2, 0) is 0 Å². The number of aromatic nitrogens is 4. The third-order valence-electron chi connectivity index (χ3n) is 3.87. The Morgan fingerprint density at radius 1 is 1.35 bits per heavy atom. The predicted octanol–water partition coefficient (Wildman–Crippen LogP) is 1.84. The normalized spacial score (nSPS) is 18.0. The number of alkyl halides is 2. The van der Waals surface area contributed by atoms with Crippen molar-refractivity contribution in [3.05, 3.63) is 28.2 Å². The fraction of sp³-hybridized carbons (Fsp3) is 0.500. The molecule has 0 amide bonds. The quantitative estimate of drug-likeness (QED) is 0.799. The molecule has 2 aromatic heterocycles. The summed E-state index contributed by atoms with van der Waals surface area (Å²) in [5.41, 5.74) is 6.06. The summed E-state index contributed by atoms with van der Waals surface area (Å²) in [5, 5.41) is 5.68. The van der Waals surface area contributed by atoms with Crippen molar-refractivity contribution in [1.29, 1.82) is 0 Å². The highest BCUT2D eigenvalue weighted by Gasteiger charge is 2.34. The summed E-state index contributed by atoms with van der Waals surface area (Å²) in [6.07, 6.45) is 0.515. The average Bonchev–Trinajstić information content (AvgIpc) is 2.79. The Bertz CT molecular complexity index is 759. The van der Waals surface area contributed by atoms with Gasteiger partial charge in [-0.2, -0.15) is 4.98 Å². The van der Waals surface area contributed by atoms with Gasteiger partial charge in [-0.05, 0) is 19.8 Å². The van der Waals surface area contributed by atoms with Gasteiger partial charge in [-0.25, -0.2) is 18.4 Å². The topological polar surface area (TPSA) is 102 Å². The fourth-order valence-corrected chi connectivity index (χ4v) is 2.69. The monoisotopic (exact) mass is 324 g/mol.